The summed E-state index contributed by atoms with van der Waals surface area (Å²) in [7, 11) is 1.50. The van der Waals surface area contributed by atoms with E-state index < -0.39 is 10.3 Å². The van der Waals surface area contributed by atoms with Crippen LogP contribution in [0, 0.1) is 26.1 Å². The average molecular weight is 562 g/mol. The SMILES string of the molecule is COc1cc([N+](=O)[O-])cc2c1N[C@H](c1cccc3ccccc13)[C@@H]1C[C@@H](Sc3ccccc3[N+](=O)[O-])[C@@H](Cl)[C@H]21. The van der Waals surface area contributed by atoms with Gasteiger partial charge < -0.3 is 10.1 Å². The lowest BCUT2D eigenvalue weighted by molar-refractivity contribution is -0.387. The highest BCUT2D eigenvalue weighted by molar-refractivity contribution is 8.00. The van der Waals surface area contributed by atoms with Crippen molar-refractivity contribution in [2.45, 2.75) is 33.9 Å². The van der Waals surface area contributed by atoms with Crippen LogP contribution in [-0.4, -0.2) is 27.6 Å². The number of anilines is 1. The molecule has 4 aromatic rings. The van der Waals surface area contributed by atoms with Gasteiger partial charge in [0.05, 0.1) is 45.0 Å². The van der Waals surface area contributed by atoms with Crippen LogP contribution in [0.2, 0.25) is 0 Å². The van der Waals surface area contributed by atoms with E-state index in [1.807, 2.05) is 18.2 Å². The Morgan fingerprint density at radius 3 is 2.46 bits per heavy atom. The summed E-state index contributed by atoms with van der Waals surface area (Å²) in [5, 5.41) is 28.8. The Hall–Kier alpha value is -3.82. The van der Waals surface area contributed by atoms with E-state index in [1.54, 1.807) is 24.3 Å². The molecule has 0 unspecified atom stereocenters. The third kappa shape index (κ3) is 4.35. The van der Waals surface area contributed by atoms with Crippen molar-refractivity contribution in [3.8, 4) is 5.75 Å². The highest BCUT2D eigenvalue weighted by Crippen LogP contribution is 2.60. The molecule has 0 radical (unpaired) electrons. The molecule has 1 heterocycles. The zero-order valence-electron chi connectivity index (χ0n) is 20.8. The Bertz CT molecular complexity index is 1610. The van der Waals surface area contributed by atoms with Crippen LogP contribution in [0.25, 0.3) is 10.8 Å². The van der Waals surface area contributed by atoms with Gasteiger partial charge in [0.2, 0.25) is 0 Å². The van der Waals surface area contributed by atoms with Crippen LogP contribution in [0.4, 0.5) is 17.1 Å². The highest BCUT2D eigenvalue weighted by atomic mass is 35.5. The number of fused-ring (bicyclic) bond motifs is 4. The van der Waals surface area contributed by atoms with Crippen LogP contribution < -0.4 is 10.1 Å². The molecule has 8 nitrogen and oxygen atoms in total. The number of hydrogen-bond acceptors (Lipinski definition) is 7. The van der Waals surface area contributed by atoms with Crippen molar-refractivity contribution >= 4 is 51.2 Å². The number of non-ortho nitro benzene ring substituents is 1. The van der Waals surface area contributed by atoms with Gasteiger partial charge in [-0.25, -0.2) is 0 Å². The molecule has 2 aliphatic rings. The fourth-order valence-electron chi connectivity index (χ4n) is 6.14. The second-order valence-electron chi connectivity index (χ2n) is 9.81. The molecule has 0 saturated heterocycles. The van der Waals surface area contributed by atoms with Crippen molar-refractivity contribution in [3.63, 3.8) is 0 Å². The molecular formula is C29H24ClN3O5S. The van der Waals surface area contributed by atoms with E-state index in [-0.39, 0.29) is 39.4 Å². The fourth-order valence-corrected chi connectivity index (χ4v) is 8.08. The Balaban J connectivity index is 1.50. The third-order valence-corrected chi connectivity index (χ3v) is 9.91. The number of nitro benzene ring substituents is 2. The normalized spacial score (nSPS) is 23.5. The molecule has 5 atom stereocenters. The topological polar surface area (TPSA) is 108 Å². The van der Waals surface area contributed by atoms with Gasteiger partial charge in [-0.1, -0.05) is 54.6 Å². The summed E-state index contributed by atoms with van der Waals surface area (Å²) >= 11 is 8.64. The average Bonchev–Trinajstić information content (AvgIpc) is 3.27. The van der Waals surface area contributed by atoms with Gasteiger partial charge in [-0.05, 0) is 40.3 Å². The van der Waals surface area contributed by atoms with Crippen LogP contribution in [-0.2, 0) is 0 Å². The van der Waals surface area contributed by atoms with Crippen LogP contribution in [0.1, 0.15) is 29.5 Å². The summed E-state index contributed by atoms with van der Waals surface area (Å²) in [6, 6.07) is 23.9. The molecular weight excluding hydrogens is 538 g/mol. The maximum atomic E-state index is 11.8. The molecule has 1 N–H and O–H groups in total. The smallest absolute Gasteiger partial charge is 0.282 e. The summed E-state index contributed by atoms with van der Waals surface area (Å²) in [4.78, 5) is 23.2. The minimum absolute atomic E-state index is 0.0159. The predicted octanol–water partition coefficient (Wildman–Crippen LogP) is 7.70. The molecule has 1 saturated carbocycles. The summed E-state index contributed by atoms with van der Waals surface area (Å²) in [6.45, 7) is 0. The molecule has 4 aromatic carbocycles. The van der Waals surface area contributed by atoms with E-state index in [0.717, 1.165) is 21.9 Å². The lowest BCUT2D eigenvalue weighted by atomic mass is 9.76. The first-order valence-corrected chi connectivity index (χ1v) is 13.8. The molecule has 198 valence electrons. The molecule has 0 amide bonds. The quantitative estimate of drug-likeness (QED) is 0.146. The molecule has 1 aliphatic carbocycles. The summed E-state index contributed by atoms with van der Waals surface area (Å²) in [5.74, 6) is 0.139. The third-order valence-electron chi connectivity index (χ3n) is 7.80. The molecule has 1 aliphatic heterocycles. The lowest BCUT2D eigenvalue weighted by Crippen LogP contribution is -2.31. The Morgan fingerprint density at radius 2 is 1.69 bits per heavy atom. The number of para-hydroxylation sites is 1. The van der Waals surface area contributed by atoms with Crippen molar-refractivity contribution in [1.82, 2.24) is 0 Å². The number of nitro groups is 2. The fraction of sp³-hybridized carbons (Fsp3) is 0.241. The van der Waals surface area contributed by atoms with Gasteiger partial charge in [0.15, 0.2) is 0 Å². The molecule has 1 fully saturated rings. The summed E-state index contributed by atoms with van der Waals surface area (Å²) in [5.41, 5.74) is 2.53. The number of nitrogens with one attached hydrogen (secondary N) is 1. The number of halogens is 1. The summed E-state index contributed by atoms with van der Waals surface area (Å²) in [6.07, 6.45) is 0.668. The second kappa shape index (κ2) is 10.1. The highest BCUT2D eigenvalue weighted by Gasteiger charge is 2.51. The number of ether oxygens (including phenoxy) is 1. The molecule has 0 spiro atoms. The van der Waals surface area contributed by atoms with E-state index in [0.29, 0.717) is 22.8 Å². The predicted molar refractivity (Wildman–Crippen MR) is 153 cm³/mol. The van der Waals surface area contributed by atoms with E-state index in [4.69, 9.17) is 16.3 Å². The Kier molecular flexibility index (Phi) is 6.56. The van der Waals surface area contributed by atoms with Gasteiger partial charge in [0.1, 0.15) is 5.75 Å². The molecule has 6 rings (SSSR count). The van der Waals surface area contributed by atoms with Crippen molar-refractivity contribution in [2.24, 2.45) is 5.92 Å². The minimum Gasteiger partial charge on any atom is -0.494 e. The number of alkyl halides is 1. The van der Waals surface area contributed by atoms with Gasteiger partial charge in [-0.15, -0.1) is 23.4 Å². The van der Waals surface area contributed by atoms with E-state index >= 15 is 0 Å². The number of hydrogen-bond donors (Lipinski definition) is 1. The molecule has 0 bridgehead atoms. The standard InChI is InChI=1S/C29H24ClN3O5S/c1-38-23-14-17(32(34)35)13-20-26-21(15-25(27(26)30)39-24-12-5-4-11-22(24)33(36)37)28(31-29(20)23)19-10-6-8-16-7-2-3-9-18(16)19/h2-14,21,25-28,31H,15H2,1H3/t21-,25-,26-,27-,28-/m1/s1. The number of benzene rings is 4. The van der Waals surface area contributed by atoms with Crippen molar-refractivity contribution in [2.75, 3.05) is 12.4 Å². The minimum atomic E-state index is -0.426. The van der Waals surface area contributed by atoms with E-state index in [1.165, 1.54) is 31.0 Å². The first-order valence-electron chi connectivity index (χ1n) is 12.5. The van der Waals surface area contributed by atoms with Crippen molar-refractivity contribution in [3.05, 3.63) is 110 Å². The van der Waals surface area contributed by atoms with Crippen molar-refractivity contribution in [1.29, 1.82) is 0 Å². The zero-order valence-corrected chi connectivity index (χ0v) is 22.4. The maximum absolute atomic E-state index is 11.8. The van der Waals surface area contributed by atoms with Gasteiger partial charge in [0.25, 0.3) is 11.4 Å². The van der Waals surface area contributed by atoms with Gasteiger partial charge in [0, 0.05) is 23.3 Å². The summed E-state index contributed by atoms with van der Waals surface area (Å²) < 4.78 is 5.63. The van der Waals surface area contributed by atoms with Gasteiger partial charge in [-0.3, -0.25) is 20.2 Å². The molecule has 10 heteroatoms. The van der Waals surface area contributed by atoms with E-state index in [2.05, 4.69) is 29.6 Å². The number of nitrogens with zero attached hydrogens (tertiary/aromatic N) is 2. The van der Waals surface area contributed by atoms with Gasteiger partial charge in [-0.2, -0.15) is 0 Å². The molecule has 39 heavy (non-hydrogen) atoms. The van der Waals surface area contributed by atoms with Crippen LogP contribution in [0.15, 0.2) is 83.8 Å². The largest absolute Gasteiger partial charge is 0.494 e. The van der Waals surface area contributed by atoms with Crippen LogP contribution in [0.5, 0.6) is 5.75 Å². The Labute approximate surface area is 233 Å². The number of rotatable bonds is 6. The van der Waals surface area contributed by atoms with Crippen LogP contribution >= 0.6 is 23.4 Å². The van der Waals surface area contributed by atoms with Crippen LogP contribution in [0.3, 0.4) is 0 Å². The molecule has 0 aromatic heterocycles. The lowest BCUT2D eigenvalue weighted by Gasteiger charge is -2.39. The Morgan fingerprint density at radius 1 is 0.949 bits per heavy atom. The van der Waals surface area contributed by atoms with Gasteiger partial charge >= 0.3 is 0 Å². The number of methoxy groups -OCH3 is 1. The number of thioether (sulfide) groups is 1. The van der Waals surface area contributed by atoms with Crippen molar-refractivity contribution < 1.29 is 14.6 Å². The second-order valence-corrected chi connectivity index (χ2v) is 11.6. The monoisotopic (exact) mass is 561 g/mol. The zero-order chi connectivity index (χ0) is 27.3. The maximum Gasteiger partial charge on any atom is 0.282 e. The van der Waals surface area contributed by atoms with E-state index in [9.17, 15) is 20.2 Å². The first kappa shape index (κ1) is 25.5. The first-order chi connectivity index (χ1) is 18.9.